The first-order valence-corrected chi connectivity index (χ1v) is 10.0. The summed E-state index contributed by atoms with van der Waals surface area (Å²) in [4.78, 5) is 18.3. The summed E-state index contributed by atoms with van der Waals surface area (Å²) >= 11 is 0. The number of ether oxygens (including phenoxy) is 2. The molecule has 1 saturated heterocycles. The molecule has 2 rings (SSSR count). The Hall–Kier alpha value is -2.12. The van der Waals surface area contributed by atoms with Crippen molar-refractivity contribution in [3.05, 3.63) is 35.4 Å². The van der Waals surface area contributed by atoms with Gasteiger partial charge in [-0.1, -0.05) is 12.1 Å². The third-order valence-electron chi connectivity index (χ3n) is 4.45. The van der Waals surface area contributed by atoms with Gasteiger partial charge in [0.25, 0.3) is 5.91 Å². The quantitative estimate of drug-likeness (QED) is 0.496. The second-order valence-corrected chi connectivity index (χ2v) is 7.27. The maximum atomic E-state index is 12.1. The van der Waals surface area contributed by atoms with Crippen molar-refractivity contribution in [3.63, 3.8) is 0 Å². The van der Waals surface area contributed by atoms with Gasteiger partial charge in [0.05, 0.1) is 19.3 Å². The number of guanidine groups is 1. The number of rotatable bonds is 9. The van der Waals surface area contributed by atoms with E-state index < -0.39 is 0 Å². The van der Waals surface area contributed by atoms with E-state index in [4.69, 9.17) is 9.47 Å². The zero-order valence-corrected chi connectivity index (χ0v) is 17.5. The van der Waals surface area contributed by atoms with Gasteiger partial charge in [-0.2, -0.15) is 0 Å². The molecule has 1 aromatic rings. The Kier molecular flexibility index (Phi) is 9.23. The predicted octanol–water partition coefficient (Wildman–Crippen LogP) is 1.68. The van der Waals surface area contributed by atoms with Crippen LogP contribution in [0.5, 0.6) is 0 Å². The highest BCUT2D eigenvalue weighted by atomic mass is 16.5. The lowest BCUT2D eigenvalue weighted by molar-refractivity contribution is 0.0347. The molecule has 2 atom stereocenters. The molecule has 1 aromatic carbocycles. The molecule has 28 heavy (non-hydrogen) atoms. The van der Waals surface area contributed by atoms with Gasteiger partial charge in [-0.3, -0.25) is 9.79 Å². The lowest BCUT2D eigenvalue weighted by Gasteiger charge is -2.19. The van der Waals surface area contributed by atoms with Crippen molar-refractivity contribution in [1.29, 1.82) is 0 Å². The number of hydrogen-bond acceptors (Lipinski definition) is 4. The minimum Gasteiger partial charge on any atom is -0.379 e. The first-order valence-electron chi connectivity index (χ1n) is 10.0. The molecule has 7 heteroatoms. The number of nitrogens with zero attached hydrogens (tertiary/aromatic N) is 2. The lowest BCUT2D eigenvalue weighted by atomic mass is 10.1. The smallest absolute Gasteiger partial charge is 0.253 e. The molecule has 0 radical (unpaired) electrons. The average molecular weight is 391 g/mol. The molecule has 1 amide bonds. The Balaban J connectivity index is 1.84. The summed E-state index contributed by atoms with van der Waals surface area (Å²) in [5.74, 6) is 0.795. The molecule has 0 spiro atoms. The molecule has 156 valence electrons. The van der Waals surface area contributed by atoms with E-state index in [1.165, 1.54) is 0 Å². The summed E-state index contributed by atoms with van der Waals surface area (Å²) in [5.41, 5.74) is 1.81. The van der Waals surface area contributed by atoms with Crippen molar-refractivity contribution < 1.29 is 14.3 Å². The summed E-state index contributed by atoms with van der Waals surface area (Å²) in [6.45, 7) is 7.66. The van der Waals surface area contributed by atoms with Crippen molar-refractivity contribution in [2.45, 2.75) is 38.8 Å². The van der Waals surface area contributed by atoms with Crippen molar-refractivity contribution in [1.82, 2.24) is 15.5 Å². The van der Waals surface area contributed by atoms with Crippen LogP contribution in [0.4, 0.5) is 0 Å². The Bertz CT molecular complexity index is 642. The highest BCUT2D eigenvalue weighted by molar-refractivity contribution is 5.94. The zero-order valence-electron chi connectivity index (χ0n) is 17.5. The summed E-state index contributed by atoms with van der Waals surface area (Å²) < 4.78 is 11.2. The summed E-state index contributed by atoms with van der Waals surface area (Å²) in [6.07, 6.45) is 1.95. The zero-order chi connectivity index (χ0) is 20.4. The minimum absolute atomic E-state index is 0.0156. The maximum absolute atomic E-state index is 12.1. The topological polar surface area (TPSA) is 75.2 Å². The third kappa shape index (κ3) is 7.48. The summed E-state index contributed by atoms with van der Waals surface area (Å²) in [6, 6.07) is 7.89. The van der Waals surface area contributed by atoms with Gasteiger partial charge in [0.15, 0.2) is 5.96 Å². The minimum atomic E-state index is 0.0156. The number of carbonyl (C=O) groups is 1. The largest absolute Gasteiger partial charge is 0.379 e. The lowest BCUT2D eigenvalue weighted by Crippen LogP contribution is -2.44. The number of benzene rings is 1. The van der Waals surface area contributed by atoms with Crippen LogP contribution in [0.15, 0.2) is 29.3 Å². The monoisotopic (exact) mass is 390 g/mol. The SMILES string of the molecule is CCNC(=NCCc1cccc(C(=O)N(C)C)c1)NC(C)COC1CCOC1. The molecule has 2 unspecified atom stereocenters. The normalized spacial score (nSPS) is 18.0. The fraction of sp³-hybridized carbons (Fsp3) is 0.619. The van der Waals surface area contributed by atoms with Gasteiger partial charge in [-0.25, -0.2) is 0 Å². The number of carbonyl (C=O) groups excluding carboxylic acids is 1. The van der Waals surface area contributed by atoms with Gasteiger partial charge in [0.1, 0.15) is 0 Å². The molecule has 0 saturated carbocycles. The number of aliphatic imine (C=N–C) groups is 1. The van der Waals surface area contributed by atoms with Crippen LogP contribution in [-0.4, -0.2) is 75.9 Å². The molecule has 7 nitrogen and oxygen atoms in total. The van der Waals surface area contributed by atoms with Gasteiger partial charge in [-0.05, 0) is 44.4 Å². The average Bonchev–Trinajstić information content (AvgIpc) is 3.20. The van der Waals surface area contributed by atoms with E-state index in [0.29, 0.717) is 25.3 Å². The van der Waals surface area contributed by atoms with Crippen molar-refractivity contribution in [2.24, 2.45) is 4.99 Å². The van der Waals surface area contributed by atoms with Gasteiger partial charge >= 0.3 is 0 Å². The first kappa shape index (κ1) is 22.2. The van der Waals surface area contributed by atoms with E-state index in [1.807, 2.05) is 31.2 Å². The molecule has 0 bridgehead atoms. The predicted molar refractivity (Wildman–Crippen MR) is 112 cm³/mol. The molecule has 1 fully saturated rings. The Morgan fingerprint density at radius 2 is 2.25 bits per heavy atom. The Morgan fingerprint density at radius 3 is 2.93 bits per heavy atom. The molecule has 0 aromatic heterocycles. The maximum Gasteiger partial charge on any atom is 0.253 e. The second-order valence-electron chi connectivity index (χ2n) is 7.27. The molecule has 1 heterocycles. The highest BCUT2D eigenvalue weighted by Gasteiger charge is 2.17. The Morgan fingerprint density at radius 1 is 1.43 bits per heavy atom. The molecular weight excluding hydrogens is 356 g/mol. The van der Waals surface area contributed by atoms with E-state index in [-0.39, 0.29) is 18.1 Å². The van der Waals surface area contributed by atoms with Crippen LogP contribution in [0.3, 0.4) is 0 Å². The van der Waals surface area contributed by atoms with Crippen LogP contribution in [0.1, 0.15) is 36.2 Å². The second kappa shape index (κ2) is 11.7. The van der Waals surface area contributed by atoms with Gasteiger partial charge < -0.3 is 25.0 Å². The Labute approximate surface area is 168 Å². The first-order chi connectivity index (χ1) is 13.5. The number of hydrogen-bond donors (Lipinski definition) is 2. The number of nitrogens with one attached hydrogen (secondary N) is 2. The van der Waals surface area contributed by atoms with E-state index in [0.717, 1.165) is 37.5 Å². The van der Waals surface area contributed by atoms with Crippen LogP contribution in [0.25, 0.3) is 0 Å². The standard InChI is InChI=1S/C21H34N4O3/c1-5-22-21(24-16(2)14-28-19-10-12-27-15-19)23-11-9-17-7-6-8-18(13-17)20(26)25(3)4/h6-8,13,16,19H,5,9-12,14-15H2,1-4H3,(H2,22,23,24). The van der Waals surface area contributed by atoms with Crippen LogP contribution in [0.2, 0.25) is 0 Å². The highest BCUT2D eigenvalue weighted by Crippen LogP contribution is 2.09. The molecular formula is C21H34N4O3. The van der Waals surface area contributed by atoms with Gasteiger partial charge in [0.2, 0.25) is 0 Å². The molecule has 0 aliphatic carbocycles. The van der Waals surface area contributed by atoms with Crippen LogP contribution in [-0.2, 0) is 15.9 Å². The number of amides is 1. The van der Waals surface area contributed by atoms with E-state index in [1.54, 1.807) is 19.0 Å². The van der Waals surface area contributed by atoms with Gasteiger partial charge in [0, 0.05) is 45.4 Å². The van der Waals surface area contributed by atoms with Crippen molar-refractivity contribution in [3.8, 4) is 0 Å². The van der Waals surface area contributed by atoms with E-state index in [2.05, 4.69) is 22.5 Å². The molecule has 2 N–H and O–H groups in total. The fourth-order valence-electron chi connectivity index (χ4n) is 2.93. The van der Waals surface area contributed by atoms with Crippen molar-refractivity contribution in [2.75, 3.05) is 47.0 Å². The van der Waals surface area contributed by atoms with E-state index in [9.17, 15) is 4.79 Å². The van der Waals surface area contributed by atoms with Crippen LogP contribution in [0, 0.1) is 0 Å². The van der Waals surface area contributed by atoms with Crippen LogP contribution < -0.4 is 10.6 Å². The summed E-state index contributed by atoms with van der Waals surface area (Å²) in [7, 11) is 3.52. The molecule has 1 aliphatic rings. The van der Waals surface area contributed by atoms with Gasteiger partial charge in [-0.15, -0.1) is 0 Å². The van der Waals surface area contributed by atoms with Crippen LogP contribution >= 0.6 is 0 Å². The van der Waals surface area contributed by atoms with Crippen molar-refractivity contribution >= 4 is 11.9 Å². The van der Waals surface area contributed by atoms with E-state index >= 15 is 0 Å². The fourth-order valence-corrected chi connectivity index (χ4v) is 2.93. The summed E-state index contributed by atoms with van der Waals surface area (Å²) in [5, 5.41) is 6.66. The third-order valence-corrected chi connectivity index (χ3v) is 4.45. The molecule has 1 aliphatic heterocycles.